The van der Waals surface area contributed by atoms with E-state index >= 15 is 0 Å². The molecule has 0 spiro atoms. The van der Waals surface area contributed by atoms with Gasteiger partial charge >= 0.3 is 0 Å². The van der Waals surface area contributed by atoms with E-state index in [9.17, 15) is 4.79 Å². The van der Waals surface area contributed by atoms with Crippen LogP contribution < -0.4 is 17.0 Å². The number of nitrogen functional groups attached to an aromatic ring is 2. The lowest BCUT2D eigenvalue weighted by molar-refractivity contribution is 0.0954. The van der Waals surface area contributed by atoms with E-state index in [0.717, 1.165) is 0 Å². The smallest absolute Gasteiger partial charge is 0.267 e. The quantitative estimate of drug-likeness (QED) is 0.287. The van der Waals surface area contributed by atoms with E-state index in [1.54, 1.807) is 0 Å². The van der Waals surface area contributed by atoms with E-state index in [0.29, 0.717) is 5.02 Å². The molecule has 4 nitrogen and oxygen atoms in total. The second kappa shape index (κ2) is 3.83. The lowest BCUT2D eigenvalue weighted by Crippen LogP contribution is -2.30. The summed E-state index contributed by atoms with van der Waals surface area (Å²) in [5.74, 6) is 4.43. The van der Waals surface area contributed by atoms with Crippen molar-refractivity contribution in [2.75, 3.05) is 5.73 Å². The lowest BCUT2D eigenvalue weighted by atomic mass is 10.2. The van der Waals surface area contributed by atoms with Crippen molar-refractivity contribution in [3.05, 3.63) is 27.7 Å². The molecule has 0 aliphatic heterocycles. The summed E-state index contributed by atoms with van der Waals surface area (Å²) < 4.78 is 0. The molecule has 0 bridgehead atoms. The summed E-state index contributed by atoms with van der Waals surface area (Å²) in [6.07, 6.45) is 0. The minimum Gasteiger partial charge on any atom is -0.398 e. The zero-order valence-electron chi connectivity index (χ0n) is 6.47. The summed E-state index contributed by atoms with van der Waals surface area (Å²) in [5, 5.41) is 0.558. The molecule has 0 heterocycles. The van der Waals surface area contributed by atoms with Crippen molar-refractivity contribution >= 4 is 34.8 Å². The van der Waals surface area contributed by atoms with Crippen molar-refractivity contribution in [3.63, 3.8) is 0 Å². The predicted octanol–water partition coefficient (Wildman–Crippen LogP) is 1.18. The van der Waals surface area contributed by atoms with Gasteiger partial charge in [-0.25, -0.2) is 5.84 Å². The average Bonchev–Trinajstić information content (AvgIpc) is 2.10. The Balaban J connectivity index is 3.23. The number of anilines is 1. The highest BCUT2D eigenvalue weighted by Crippen LogP contribution is 2.27. The van der Waals surface area contributed by atoms with Crippen LogP contribution in [0.3, 0.4) is 0 Å². The molecule has 0 aliphatic carbocycles. The highest BCUT2D eigenvalue weighted by molar-refractivity contribution is 6.42. The first-order valence-electron chi connectivity index (χ1n) is 3.31. The number of amides is 1. The molecule has 0 saturated heterocycles. The van der Waals surface area contributed by atoms with Gasteiger partial charge in [-0.15, -0.1) is 0 Å². The fourth-order valence-electron chi connectivity index (χ4n) is 0.837. The lowest BCUT2D eigenvalue weighted by Gasteiger charge is -2.05. The van der Waals surface area contributed by atoms with Gasteiger partial charge in [0, 0.05) is 5.69 Å². The molecule has 0 atom stereocenters. The predicted molar refractivity (Wildman–Crippen MR) is 52.5 cm³/mol. The van der Waals surface area contributed by atoms with Gasteiger partial charge in [-0.05, 0) is 12.1 Å². The van der Waals surface area contributed by atoms with Crippen LogP contribution in [0.15, 0.2) is 12.1 Å². The molecule has 13 heavy (non-hydrogen) atoms. The Bertz CT molecular complexity index is 354. The van der Waals surface area contributed by atoms with Crippen LogP contribution in [0, 0.1) is 0 Å². The third-order valence-electron chi connectivity index (χ3n) is 1.47. The van der Waals surface area contributed by atoms with E-state index in [1.165, 1.54) is 12.1 Å². The van der Waals surface area contributed by atoms with Crippen LogP contribution in [0.1, 0.15) is 10.4 Å². The molecule has 1 aromatic carbocycles. The first-order chi connectivity index (χ1) is 6.06. The second-order valence-corrected chi connectivity index (χ2v) is 3.14. The number of nitrogens with two attached hydrogens (primary N) is 2. The average molecular weight is 220 g/mol. The van der Waals surface area contributed by atoms with Gasteiger partial charge in [-0.1, -0.05) is 23.2 Å². The third kappa shape index (κ3) is 2.03. The van der Waals surface area contributed by atoms with Crippen LogP contribution in [-0.4, -0.2) is 5.91 Å². The maximum absolute atomic E-state index is 11.1. The van der Waals surface area contributed by atoms with Gasteiger partial charge in [-0.3, -0.25) is 10.2 Å². The van der Waals surface area contributed by atoms with Gasteiger partial charge in [0.25, 0.3) is 5.91 Å². The number of hydrazine groups is 1. The minimum absolute atomic E-state index is 0.205. The molecule has 1 amide bonds. The van der Waals surface area contributed by atoms with Gasteiger partial charge < -0.3 is 5.73 Å². The minimum atomic E-state index is -0.504. The van der Waals surface area contributed by atoms with Crippen molar-refractivity contribution in [2.24, 2.45) is 5.84 Å². The summed E-state index contributed by atoms with van der Waals surface area (Å²) >= 11 is 11.3. The molecule has 0 aliphatic rings. The molecule has 5 N–H and O–H groups in total. The van der Waals surface area contributed by atoms with Crippen LogP contribution >= 0.6 is 23.2 Å². The molecule has 0 radical (unpaired) electrons. The van der Waals surface area contributed by atoms with Crippen molar-refractivity contribution in [3.8, 4) is 0 Å². The number of hydrogen-bond donors (Lipinski definition) is 3. The summed E-state index contributed by atoms with van der Waals surface area (Å²) in [4.78, 5) is 11.1. The molecular formula is C7H7Cl2N3O. The third-order valence-corrected chi connectivity index (χ3v) is 2.19. The van der Waals surface area contributed by atoms with Gasteiger partial charge in [0.15, 0.2) is 0 Å². The van der Waals surface area contributed by atoms with E-state index in [2.05, 4.69) is 0 Å². The van der Waals surface area contributed by atoms with E-state index < -0.39 is 5.91 Å². The molecular weight excluding hydrogens is 213 g/mol. The van der Waals surface area contributed by atoms with Gasteiger partial charge in [0.1, 0.15) is 0 Å². The first-order valence-corrected chi connectivity index (χ1v) is 4.07. The normalized spacial score (nSPS) is 9.77. The molecule has 6 heteroatoms. The number of hydrogen-bond acceptors (Lipinski definition) is 3. The fraction of sp³-hybridized carbons (Fsp3) is 0. The first kappa shape index (κ1) is 10.1. The Morgan fingerprint density at radius 3 is 2.38 bits per heavy atom. The van der Waals surface area contributed by atoms with E-state index in [1.807, 2.05) is 5.43 Å². The Morgan fingerprint density at radius 1 is 1.31 bits per heavy atom. The summed E-state index contributed by atoms with van der Waals surface area (Å²) in [6.45, 7) is 0. The number of halogens is 2. The van der Waals surface area contributed by atoms with E-state index in [-0.39, 0.29) is 16.3 Å². The number of carbonyl (C=O) groups excluding carboxylic acids is 1. The number of carbonyl (C=O) groups is 1. The number of benzene rings is 1. The van der Waals surface area contributed by atoms with Gasteiger partial charge in [0.2, 0.25) is 0 Å². The maximum Gasteiger partial charge on any atom is 0.267 e. The largest absolute Gasteiger partial charge is 0.398 e. The Morgan fingerprint density at radius 2 is 1.85 bits per heavy atom. The van der Waals surface area contributed by atoms with Gasteiger partial charge in [0.05, 0.1) is 15.6 Å². The van der Waals surface area contributed by atoms with Gasteiger partial charge in [-0.2, -0.15) is 0 Å². The Labute approximate surface area is 84.8 Å². The summed E-state index contributed by atoms with van der Waals surface area (Å²) in [6, 6.07) is 2.76. The summed E-state index contributed by atoms with van der Waals surface area (Å²) in [5.41, 5.74) is 7.89. The highest BCUT2D eigenvalue weighted by atomic mass is 35.5. The van der Waals surface area contributed by atoms with Crippen LogP contribution in [0.2, 0.25) is 10.0 Å². The molecule has 70 valence electrons. The monoisotopic (exact) mass is 219 g/mol. The Kier molecular flexibility index (Phi) is 2.98. The molecule has 0 aromatic heterocycles. The van der Waals surface area contributed by atoms with Crippen molar-refractivity contribution in [1.82, 2.24) is 5.43 Å². The molecule has 0 saturated carbocycles. The molecule has 1 rings (SSSR count). The Hall–Kier alpha value is -0.970. The highest BCUT2D eigenvalue weighted by Gasteiger charge is 2.10. The van der Waals surface area contributed by atoms with Crippen molar-refractivity contribution < 1.29 is 4.79 Å². The molecule has 1 aromatic rings. The van der Waals surface area contributed by atoms with Crippen molar-refractivity contribution in [1.29, 1.82) is 0 Å². The maximum atomic E-state index is 11.1. The topological polar surface area (TPSA) is 81.1 Å². The van der Waals surface area contributed by atoms with Crippen LogP contribution in [-0.2, 0) is 0 Å². The number of rotatable bonds is 1. The SMILES string of the molecule is NNC(=O)c1cc(Cl)c(Cl)cc1N. The second-order valence-electron chi connectivity index (χ2n) is 2.33. The van der Waals surface area contributed by atoms with E-state index in [4.69, 9.17) is 34.8 Å². The molecule has 0 unspecified atom stereocenters. The fourth-order valence-corrected chi connectivity index (χ4v) is 1.17. The van der Waals surface area contributed by atoms with Crippen molar-refractivity contribution in [2.45, 2.75) is 0 Å². The standard InChI is InChI=1S/C7H7Cl2N3O/c8-4-1-3(7(13)12-11)6(10)2-5(4)9/h1-2H,10-11H2,(H,12,13). The van der Waals surface area contributed by atoms with Crippen LogP contribution in [0.4, 0.5) is 5.69 Å². The zero-order chi connectivity index (χ0) is 10.0. The van der Waals surface area contributed by atoms with Crippen LogP contribution in [0.25, 0.3) is 0 Å². The van der Waals surface area contributed by atoms with Crippen LogP contribution in [0.5, 0.6) is 0 Å². The number of nitrogens with one attached hydrogen (secondary N) is 1. The summed E-state index contributed by atoms with van der Waals surface area (Å²) in [7, 11) is 0. The molecule has 0 fully saturated rings. The zero-order valence-corrected chi connectivity index (χ0v) is 7.99.